The second kappa shape index (κ2) is 5.56. The molecule has 0 amide bonds. The van der Waals surface area contributed by atoms with E-state index in [1.807, 2.05) is 0 Å². The van der Waals surface area contributed by atoms with Crippen molar-refractivity contribution in [3.8, 4) is 11.5 Å². The number of aldehydes is 1. The number of carbonyl (C=O) groups excluding carboxylic acids is 2. The number of carbonyl (C=O) groups is 2. The minimum Gasteiger partial charge on any atom is -0.497 e. The Morgan fingerprint density at radius 3 is 2.89 bits per heavy atom. The molecule has 1 heterocycles. The number of esters is 1. The maximum absolute atomic E-state index is 11.7. The molecule has 1 aromatic rings. The predicted molar refractivity (Wildman–Crippen MR) is 68.1 cm³/mol. The summed E-state index contributed by atoms with van der Waals surface area (Å²) in [5.74, 6) is 0.602. The van der Waals surface area contributed by atoms with E-state index in [4.69, 9.17) is 14.2 Å². The standard InChI is InChI=1S/C14H14O5/c1-3-18-14(16)13-10(8-15)6-9-7-11(17-2)4-5-12(9)19-13/h4-8,13H,3H2,1-2H3. The lowest BCUT2D eigenvalue weighted by atomic mass is 10.0. The van der Waals surface area contributed by atoms with Gasteiger partial charge in [-0.3, -0.25) is 4.79 Å². The molecule has 1 aliphatic rings. The van der Waals surface area contributed by atoms with Crippen LogP contribution in [0.15, 0.2) is 23.8 Å². The quantitative estimate of drug-likeness (QED) is 0.609. The maximum atomic E-state index is 11.7. The molecule has 1 aromatic carbocycles. The summed E-state index contributed by atoms with van der Waals surface area (Å²) in [7, 11) is 1.55. The van der Waals surface area contributed by atoms with E-state index >= 15 is 0 Å². The molecule has 0 bridgehead atoms. The van der Waals surface area contributed by atoms with E-state index in [9.17, 15) is 9.59 Å². The minimum atomic E-state index is -1.00. The van der Waals surface area contributed by atoms with Gasteiger partial charge in [0.2, 0.25) is 6.10 Å². The zero-order valence-electron chi connectivity index (χ0n) is 10.7. The molecule has 2 rings (SSSR count). The Morgan fingerprint density at radius 2 is 2.26 bits per heavy atom. The van der Waals surface area contributed by atoms with E-state index in [-0.39, 0.29) is 12.2 Å². The molecule has 0 saturated carbocycles. The fraction of sp³-hybridized carbons (Fsp3) is 0.286. The highest BCUT2D eigenvalue weighted by molar-refractivity contribution is 5.95. The number of ether oxygens (including phenoxy) is 3. The van der Waals surface area contributed by atoms with Crippen LogP contribution in [0, 0.1) is 0 Å². The first-order valence-electron chi connectivity index (χ1n) is 5.87. The van der Waals surface area contributed by atoms with Crippen molar-refractivity contribution < 1.29 is 23.8 Å². The van der Waals surface area contributed by atoms with Crippen molar-refractivity contribution in [2.45, 2.75) is 13.0 Å². The van der Waals surface area contributed by atoms with Gasteiger partial charge in [-0.15, -0.1) is 0 Å². The van der Waals surface area contributed by atoms with Crippen molar-refractivity contribution in [2.24, 2.45) is 0 Å². The second-order valence-electron chi connectivity index (χ2n) is 3.92. The molecule has 0 aliphatic carbocycles. The van der Waals surface area contributed by atoms with Crippen molar-refractivity contribution >= 4 is 18.3 Å². The molecule has 19 heavy (non-hydrogen) atoms. The van der Waals surface area contributed by atoms with Crippen molar-refractivity contribution in [3.63, 3.8) is 0 Å². The van der Waals surface area contributed by atoms with Crippen LogP contribution in [-0.2, 0) is 14.3 Å². The van der Waals surface area contributed by atoms with Gasteiger partial charge < -0.3 is 14.2 Å². The van der Waals surface area contributed by atoms with E-state index in [0.717, 1.165) is 0 Å². The highest BCUT2D eigenvalue weighted by Gasteiger charge is 2.30. The van der Waals surface area contributed by atoms with Gasteiger partial charge in [0.05, 0.1) is 13.7 Å². The van der Waals surface area contributed by atoms with Crippen LogP contribution in [0.4, 0.5) is 0 Å². The molecule has 100 valence electrons. The smallest absolute Gasteiger partial charge is 0.352 e. The van der Waals surface area contributed by atoms with Crippen LogP contribution in [0.5, 0.6) is 11.5 Å². The lowest BCUT2D eigenvalue weighted by molar-refractivity contribution is -0.150. The van der Waals surface area contributed by atoms with Gasteiger partial charge in [-0.2, -0.15) is 0 Å². The molecule has 0 N–H and O–H groups in total. The van der Waals surface area contributed by atoms with Crippen LogP contribution in [0.2, 0.25) is 0 Å². The third-order valence-electron chi connectivity index (χ3n) is 2.72. The van der Waals surface area contributed by atoms with Crippen LogP contribution >= 0.6 is 0 Å². The Hall–Kier alpha value is -2.30. The van der Waals surface area contributed by atoms with Gasteiger partial charge in [-0.05, 0) is 31.2 Å². The number of hydrogen-bond acceptors (Lipinski definition) is 5. The van der Waals surface area contributed by atoms with E-state index in [1.165, 1.54) is 0 Å². The average Bonchev–Trinajstić information content (AvgIpc) is 2.45. The number of methoxy groups -OCH3 is 1. The number of rotatable bonds is 4. The number of benzene rings is 1. The number of fused-ring (bicyclic) bond motifs is 1. The van der Waals surface area contributed by atoms with Gasteiger partial charge >= 0.3 is 5.97 Å². The van der Waals surface area contributed by atoms with Gasteiger partial charge in [0.25, 0.3) is 0 Å². The monoisotopic (exact) mass is 262 g/mol. The Labute approximate surface area is 110 Å². The zero-order valence-corrected chi connectivity index (χ0v) is 10.7. The molecule has 0 fully saturated rings. The highest BCUT2D eigenvalue weighted by Crippen LogP contribution is 2.32. The van der Waals surface area contributed by atoms with E-state index in [1.54, 1.807) is 38.3 Å². The molecule has 0 saturated heterocycles. The van der Waals surface area contributed by atoms with Crippen LogP contribution in [0.3, 0.4) is 0 Å². The van der Waals surface area contributed by atoms with Crippen LogP contribution in [0.25, 0.3) is 6.08 Å². The summed E-state index contributed by atoms with van der Waals surface area (Å²) in [6.45, 7) is 1.93. The Bertz CT molecular complexity index is 533. The van der Waals surface area contributed by atoms with E-state index < -0.39 is 12.1 Å². The lowest BCUT2D eigenvalue weighted by Gasteiger charge is -2.23. The Morgan fingerprint density at radius 1 is 1.47 bits per heavy atom. The predicted octanol–water partition coefficient (Wildman–Crippen LogP) is 1.60. The average molecular weight is 262 g/mol. The summed E-state index contributed by atoms with van der Waals surface area (Å²) in [6.07, 6.45) is 1.21. The highest BCUT2D eigenvalue weighted by atomic mass is 16.6. The molecule has 5 heteroatoms. The first-order chi connectivity index (χ1) is 9.19. The van der Waals surface area contributed by atoms with Gasteiger partial charge in [0, 0.05) is 11.1 Å². The van der Waals surface area contributed by atoms with Crippen LogP contribution in [0.1, 0.15) is 12.5 Å². The van der Waals surface area contributed by atoms with Crippen molar-refractivity contribution in [1.29, 1.82) is 0 Å². The van der Waals surface area contributed by atoms with Crippen molar-refractivity contribution in [3.05, 3.63) is 29.3 Å². The van der Waals surface area contributed by atoms with Gasteiger partial charge in [0.1, 0.15) is 17.8 Å². The van der Waals surface area contributed by atoms with E-state index in [2.05, 4.69) is 0 Å². The normalized spacial score (nSPS) is 16.7. The molecule has 1 atom stereocenters. The fourth-order valence-corrected chi connectivity index (χ4v) is 1.82. The summed E-state index contributed by atoms with van der Waals surface area (Å²) in [4.78, 5) is 22.8. The molecule has 5 nitrogen and oxygen atoms in total. The lowest BCUT2D eigenvalue weighted by Crippen LogP contribution is -2.33. The molecule has 0 aromatic heterocycles. The number of hydrogen-bond donors (Lipinski definition) is 0. The largest absolute Gasteiger partial charge is 0.497 e. The third-order valence-corrected chi connectivity index (χ3v) is 2.72. The van der Waals surface area contributed by atoms with Crippen molar-refractivity contribution in [1.82, 2.24) is 0 Å². The van der Waals surface area contributed by atoms with Crippen LogP contribution in [-0.4, -0.2) is 32.1 Å². The van der Waals surface area contributed by atoms with E-state index in [0.29, 0.717) is 23.3 Å². The maximum Gasteiger partial charge on any atom is 0.352 e. The molecular formula is C14H14O5. The zero-order chi connectivity index (χ0) is 13.8. The SMILES string of the molecule is CCOC(=O)C1Oc2ccc(OC)cc2C=C1C=O. The summed E-state index contributed by atoms with van der Waals surface area (Å²) in [6, 6.07) is 5.15. The summed E-state index contributed by atoms with van der Waals surface area (Å²) >= 11 is 0. The minimum absolute atomic E-state index is 0.235. The topological polar surface area (TPSA) is 61.8 Å². The van der Waals surface area contributed by atoms with Gasteiger partial charge in [0.15, 0.2) is 0 Å². The summed E-state index contributed by atoms with van der Waals surface area (Å²) < 4.78 is 15.5. The molecule has 1 unspecified atom stereocenters. The first-order valence-corrected chi connectivity index (χ1v) is 5.87. The first kappa shape index (κ1) is 13.1. The molecule has 0 radical (unpaired) electrons. The molecule has 0 spiro atoms. The van der Waals surface area contributed by atoms with Gasteiger partial charge in [-0.25, -0.2) is 4.79 Å². The third kappa shape index (κ3) is 2.59. The summed E-state index contributed by atoms with van der Waals surface area (Å²) in [5, 5.41) is 0. The van der Waals surface area contributed by atoms with Gasteiger partial charge in [-0.1, -0.05) is 0 Å². The fourth-order valence-electron chi connectivity index (χ4n) is 1.82. The van der Waals surface area contributed by atoms with Crippen LogP contribution < -0.4 is 9.47 Å². The Kier molecular flexibility index (Phi) is 3.85. The Balaban J connectivity index is 2.36. The molecule has 1 aliphatic heterocycles. The summed E-state index contributed by atoms with van der Waals surface area (Å²) in [5.41, 5.74) is 0.932. The van der Waals surface area contributed by atoms with Crippen molar-refractivity contribution in [2.75, 3.05) is 13.7 Å². The molecular weight excluding hydrogens is 248 g/mol. The second-order valence-corrected chi connectivity index (χ2v) is 3.92.